The zero-order valence-corrected chi connectivity index (χ0v) is 11.9. The van der Waals surface area contributed by atoms with Crippen molar-refractivity contribution in [3.8, 4) is 0 Å². The van der Waals surface area contributed by atoms with Crippen molar-refractivity contribution in [2.45, 2.75) is 19.0 Å². The van der Waals surface area contributed by atoms with Crippen LogP contribution in [0.3, 0.4) is 0 Å². The molecule has 0 radical (unpaired) electrons. The molecule has 96 valence electrons. The highest BCUT2D eigenvalue weighted by Crippen LogP contribution is 2.14. The predicted octanol–water partition coefficient (Wildman–Crippen LogP) is 2.82. The van der Waals surface area contributed by atoms with Gasteiger partial charge in [0.05, 0.1) is 6.61 Å². The second-order valence-corrected chi connectivity index (χ2v) is 8.78. The van der Waals surface area contributed by atoms with Gasteiger partial charge < -0.3 is 4.74 Å². The van der Waals surface area contributed by atoms with Gasteiger partial charge in [0, 0.05) is 6.08 Å². The van der Waals surface area contributed by atoms with Crippen LogP contribution in [0, 0.1) is 0 Å². The highest BCUT2D eigenvalue weighted by Gasteiger charge is 2.24. The van der Waals surface area contributed by atoms with Crippen molar-refractivity contribution in [1.29, 1.82) is 0 Å². The van der Waals surface area contributed by atoms with E-state index < -0.39 is 8.07 Å². The lowest BCUT2D eigenvalue weighted by molar-refractivity contribution is -0.137. The summed E-state index contributed by atoms with van der Waals surface area (Å²) in [5.41, 5.74) is 2.09. The Hall–Kier alpha value is -1.61. The van der Waals surface area contributed by atoms with E-state index in [9.17, 15) is 4.79 Å². The van der Waals surface area contributed by atoms with Crippen molar-refractivity contribution in [3.05, 3.63) is 55.3 Å². The number of carbonyl (C=O) groups excluding carboxylic acids is 1. The summed E-state index contributed by atoms with van der Waals surface area (Å²) in [4.78, 5) is 10.9. The molecule has 0 saturated carbocycles. The third-order valence-corrected chi connectivity index (χ3v) is 7.08. The average molecular weight is 260 g/mol. The molecule has 0 saturated heterocycles. The number of hydrogen-bond acceptors (Lipinski definition) is 2. The molecule has 0 heterocycles. The normalized spacial score (nSPS) is 13.4. The molecule has 0 aliphatic carbocycles. The second kappa shape index (κ2) is 6.96. The van der Waals surface area contributed by atoms with Gasteiger partial charge in [-0.2, -0.15) is 0 Å². The van der Waals surface area contributed by atoms with Gasteiger partial charge in [-0.05, 0) is 12.5 Å². The van der Waals surface area contributed by atoms with Gasteiger partial charge in [0.2, 0.25) is 0 Å². The van der Waals surface area contributed by atoms with Crippen molar-refractivity contribution < 1.29 is 9.53 Å². The molecule has 1 aromatic carbocycles. The monoisotopic (exact) mass is 260 g/mol. The molecule has 0 spiro atoms. The Bertz CT molecular complexity index is 414. The molecule has 0 aromatic heterocycles. The molecule has 0 amide bonds. The number of hydrogen-bond donors (Lipinski definition) is 0. The summed E-state index contributed by atoms with van der Waals surface area (Å²) in [5.74, 6) is -0.350. The molecular formula is C15H20O2Si. The van der Waals surface area contributed by atoms with Crippen LogP contribution in [-0.4, -0.2) is 20.7 Å². The van der Waals surface area contributed by atoms with Crippen LogP contribution in [0.1, 0.15) is 6.42 Å². The van der Waals surface area contributed by atoms with Gasteiger partial charge in [-0.15, -0.1) is 6.58 Å². The molecule has 0 aliphatic heterocycles. The van der Waals surface area contributed by atoms with Crippen LogP contribution in [0.25, 0.3) is 0 Å². The predicted molar refractivity (Wildman–Crippen MR) is 78.5 cm³/mol. The molecule has 1 aromatic rings. The van der Waals surface area contributed by atoms with Crippen molar-refractivity contribution >= 4 is 19.2 Å². The molecule has 3 heteroatoms. The van der Waals surface area contributed by atoms with Gasteiger partial charge in [-0.1, -0.05) is 54.3 Å². The first-order valence-corrected chi connectivity index (χ1v) is 8.89. The summed E-state index contributed by atoms with van der Waals surface area (Å²) in [6, 6.07) is 11.5. The van der Waals surface area contributed by atoms with E-state index in [-0.39, 0.29) is 5.97 Å². The first-order chi connectivity index (χ1) is 8.62. The van der Waals surface area contributed by atoms with Crippen LogP contribution in [-0.2, 0) is 9.53 Å². The van der Waals surface area contributed by atoms with Crippen LogP contribution in [0.2, 0.25) is 12.6 Å². The van der Waals surface area contributed by atoms with E-state index in [0.717, 1.165) is 12.5 Å². The Morgan fingerprint density at radius 3 is 2.56 bits per heavy atom. The second-order valence-electron chi connectivity index (χ2n) is 4.46. The molecular weight excluding hydrogens is 240 g/mol. The van der Waals surface area contributed by atoms with E-state index in [1.54, 1.807) is 0 Å². The summed E-state index contributed by atoms with van der Waals surface area (Å²) in [6.07, 6.45) is 2.06. The third-order valence-electron chi connectivity index (χ3n) is 3.14. The maximum atomic E-state index is 10.9. The highest BCUT2D eigenvalue weighted by atomic mass is 28.3. The summed E-state index contributed by atoms with van der Waals surface area (Å²) < 4.78 is 5.00. The van der Waals surface area contributed by atoms with Crippen molar-refractivity contribution in [1.82, 2.24) is 0 Å². The van der Waals surface area contributed by atoms with Crippen LogP contribution in [0.5, 0.6) is 0 Å². The van der Waals surface area contributed by atoms with E-state index in [4.69, 9.17) is 4.74 Å². The Morgan fingerprint density at radius 2 is 2.00 bits per heavy atom. The van der Waals surface area contributed by atoms with Crippen LogP contribution in [0.4, 0.5) is 0 Å². The minimum absolute atomic E-state index is 0.350. The largest absolute Gasteiger partial charge is 0.463 e. The van der Waals surface area contributed by atoms with Crippen LogP contribution < -0.4 is 5.19 Å². The van der Waals surface area contributed by atoms with Crippen LogP contribution in [0.15, 0.2) is 55.3 Å². The van der Waals surface area contributed by atoms with E-state index in [1.807, 2.05) is 6.07 Å². The van der Waals surface area contributed by atoms with Crippen molar-refractivity contribution in [2.24, 2.45) is 0 Å². The van der Waals surface area contributed by atoms with Crippen LogP contribution >= 0.6 is 0 Å². The lowest BCUT2D eigenvalue weighted by Gasteiger charge is -2.23. The molecule has 1 rings (SSSR count). The Labute approximate surface area is 110 Å². The molecule has 1 unspecified atom stereocenters. The smallest absolute Gasteiger partial charge is 0.330 e. The number of esters is 1. The summed E-state index contributed by atoms with van der Waals surface area (Å²) in [7, 11) is -1.63. The number of carbonyl (C=O) groups is 1. The van der Waals surface area contributed by atoms with Gasteiger partial charge in [0.25, 0.3) is 0 Å². The van der Waals surface area contributed by atoms with Gasteiger partial charge in [0.1, 0.15) is 8.07 Å². The Kier molecular flexibility index (Phi) is 5.59. The lowest BCUT2D eigenvalue weighted by Crippen LogP contribution is -2.42. The van der Waals surface area contributed by atoms with Crippen molar-refractivity contribution in [3.63, 3.8) is 0 Å². The first kappa shape index (κ1) is 14.4. The first-order valence-electron chi connectivity index (χ1n) is 6.11. The fourth-order valence-corrected chi connectivity index (χ4v) is 4.42. The van der Waals surface area contributed by atoms with E-state index in [0.29, 0.717) is 6.61 Å². The number of benzene rings is 1. The fourth-order valence-electron chi connectivity index (χ4n) is 1.85. The van der Waals surface area contributed by atoms with E-state index in [1.165, 1.54) is 11.3 Å². The minimum atomic E-state index is -1.63. The maximum absolute atomic E-state index is 10.9. The minimum Gasteiger partial charge on any atom is -0.463 e. The molecule has 0 aliphatic rings. The Balaban J connectivity index is 2.54. The lowest BCUT2D eigenvalue weighted by atomic mass is 10.4. The van der Waals surface area contributed by atoms with Gasteiger partial charge in [-0.3, -0.25) is 0 Å². The topological polar surface area (TPSA) is 26.3 Å². The zero-order chi connectivity index (χ0) is 13.4. The van der Waals surface area contributed by atoms with E-state index in [2.05, 4.69) is 49.7 Å². The summed E-state index contributed by atoms with van der Waals surface area (Å²) in [5, 5.41) is 1.37. The SMILES string of the molecule is C=CC(=O)OCCC[Si](C)(C=C)c1ccccc1. The molecule has 0 bridgehead atoms. The molecule has 0 N–H and O–H groups in total. The summed E-state index contributed by atoms with van der Waals surface area (Å²) >= 11 is 0. The third kappa shape index (κ3) is 4.00. The quantitative estimate of drug-likeness (QED) is 0.326. The molecule has 2 nitrogen and oxygen atoms in total. The van der Waals surface area contributed by atoms with E-state index >= 15 is 0 Å². The molecule has 1 atom stereocenters. The molecule has 18 heavy (non-hydrogen) atoms. The van der Waals surface area contributed by atoms with Gasteiger partial charge in [0.15, 0.2) is 0 Å². The average Bonchev–Trinajstić information content (AvgIpc) is 2.44. The number of rotatable bonds is 7. The number of ether oxygens (including phenoxy) is 1. The summed E-state index contributed by atoms with van der Waals surface area (Å²) in [6.45, 7) is 10.1. The van der Waals surface area contributed by atoms with Gasteiger partial charge >= 0.3 is 5.97 Å². The highest BCUT2D eigenvalue weighted by molar-refractivity contribution is 6.94. The Morgan fingerprint density at radius 1 is 1.33 bits per heavy atom. The zero-order valence-electron chi connectivity index (χ0n) is 10.9. The molecule has 0 fully saturated rings. The fraction of sp³-hybridized carbons (Fsp3) is 0.267. The van der Waals surface area contributed by atoms with Gasteiger partial charge in [-0.25, -0.2) is 4.79 Å². The van der Waals surface area contributed by atoms with Crippen molar-refractivity contribution in [2.75, 3.05) is 6.61 Å². The standard InChI is InChI=1S/C15H20O2Si/c1-4-15(16)17-12-9-13-18(3,5-2)14-10-7-6-8-11-14/h4-8,10-11H,1-2,9,12-13H2,3H3. The maximum Gasteiger partial charge on any atom is 0.330 e.